The first-order valence-electron chi connectivity index (χ1n) is 8.12. The Morgan fingerprint density at radius 1 is 1.32 bits per heavy atom. The van der Waals surface area contributed by atoms with Crippen LogP contribution < -0.4 is 11.1 Å². The Labute approximate surface area is 153 Å². The number of aryl methyl sites for hydroxylation is 1. The number of ether oxygens (including phenoxy) is 1. The largest absolute Gasteiger partial charge is 0.381 e. The van der Waals surface area contributed by atoms with Crippen molar-refractivity contribution in [2.24, 2.45) is 11.1 Å². The zero-order valence-electron chi connectivity index (χ0n) is 14.2. The van der Waals surface area contributed by atoms with E-state index in [0.717, 1.165) is 16.9 Å². The monoisotopic (exact) mass is 362 g/mol. The van der Waals surface area contributed by atoms with Gasteiger partial charge in [-0.1, -0.05) is 12.1 Å². The lowest BCUT2D eigenvalue weighted by Crippen LogP contribution is -2.46. The predicted octanol–water partition coefficient (Wildman–Crippen LogP) is 2.57. The van der Waals surface area contributed by atoms with Crippen LogP contribution in [0.25, 0.3) is 11.4 Å². The van der Waals surface area contributed by atoms with Crippen molar-refractivity contribution in [3.05, 3.63) is 42.2 Å². The number of rotatable bonds is 4. The molecule has 0 radical (unpaired) electrons. The van der Waals surface area contributed by atoms with Crippen LogP contribution in [0, 0.1) is 12.3 Å². The fourth-order valence-electron chi connectivity index (χ4n) is 2.87. The lowest BCUT2D eigenvalue weighted by molar-refractivity contribution is -0.130. The van der Waals surface area contributed by atoms with Crippen LogP contribution in [-0.4, -0.2) is 35.6 Å². The normalized spacial score (nSPS) is 15.9. The molecule has 25 heavy (non-hydrogen) atoms. The van der Waals surface area contributed by atoms with Crippen molar-refractivity contribution in [1.82, 2.24) is 9.97 Å². The molecule has 2 aromatic rings. The van der Waals surface area contributed by atoms with Gasteiger partial charge in [-0.3, -0.25) is 4.79 Å². The van der Waals surface area contributed by atoms with Crippen LogP contribution in [0.15, 0.2) is 36.5 Å². The average molecular weight is 363 g/mol. The van der Waals surface area contributed by atoms with E-state index in [1.54, 1.807) is 6.20 Å². The molecule has 1 aliphatic rings. The summed E-state index contributed by atoms with van der Waals surface area (Å²) < 4.78 is 5.36. The number of nitrogens with two attached hydrogens (primary N) is 1. The number of carbonyl (C=O) groups is 1. The summed E-state index contributed by atoms with van der Waals surface area (Å²) in [6.45, 7) is 3.39. The molecular formula is C18H23ClN4O2. The average Bonchev–Trinajstić information content (AvgIpc) is 2.62. The van der Waals surface area contributed by atoms with Crippen LogP contribution in [-0.2, 0) is 9.53 Å². The molecule has 3 N–H and O–H groups in total. The number of hydrogen-bond acceptors (Lipinski definition) is 5. The molecule has 2 heterocycles. The van der Waals surface area contributed by atoms with E-state index in [0.29, 0.717) is 38.4 Å². The Morgan fingerprint density at radius 3 is 2.76 bits per heavy atom. The molecule has 0 spiro atoms. The van der Waals surface area contributed by atoms with E-state index in [2.05, 4.69) is 15.3 Å². The smallest absolute Gasteiger partial charge is 0.232 e. The van der Waals surface area contributed by atoms with E-state index in [4.69, 9.17) is 10.5 Å². The second-order valence-electron chi connectivity index (χ2n) is 6.15. The highest BCUT2D eigenvalue weighted by atomic mass is 35.5. The Bertz CT molecular complexity index is 733. The molecule has 3 rings (SSSR count). The number of nitrogens with zero attached hydrogens (tertiary/aromatic N) is 2. The molecule has 1 aliphatic heterocycles. The Hall–Kier alpha value is -2.02. The number of benzene rings is 1. The molecule has 134 valence electrons. The van der Waals surface area contributed by atoms with Gasteiger partial charge in [-0.15, -0.1) is 12.4 Å². The molecule has 0 aliphatic carbocycles. The van der Waals surface area contributed by atoms with E-state index >= 15 is 0 Å². The highest BCUT2D eigenvalue weighted by Gasteiger charge is 2.38. The van der Waals surface area contributed by atoms with Gasteiger partial charge < -0.3 is 15.8 Å². The van der Waals surface area contributed by atoms with Crippen molar-refractivity contribution in [2.45, 2.75) is 19.8 Å². The van der Waals surface area contributed by atoms with Gasteiger partial charge in [0.15, 0.2) is 5.82 Å². The maximum Gasteiger partial charge on any atom is 0.232 e. The molecule has 0 saturated carbocycles. The van der Waals surface area contributed by atoms with Crippen LogP contribution in [0.1, 0.15) is 18.5 Å². The molecule has 1 fully saturated rings. The van der Waals surface area contributed by atoms with Crippen LogP contribution >= 0.6 is 12.4 Å². The molecular weight excluding hydrogens is 340 g/mol. The standard InChI is InChI=1S/C18H22N4O2.ClH/c1-13-5-8-20-16(21-13)14-3-2-4-15(11-14)22-17(23)18(12-19)6-9-24-10-7-18;/h2-5,8,11H,6-7,9-10,12,19H2,1H3,(H,22,23);1H. The molecule has 1 saturated heterocycles. The molecule has 0 unspecified atom stereocenters. The molecule has 1 aromatic heterocycles. The summed E-state index contributed by atoms with van der Waals surface area (Å²) in [6, 6.07) is 9.41. The lowest BCUT2D eigenvalue weighted by Gasteiger charge is -2.34. The van der Waals surface area contributed by atoms with E-state index in [9.17, 15) is 4.79 Å². The number of anilines is 1. The highest BCUT2D eigenvalue weighted by molar-refractivity contribution is 5.96. The third-order valence-corrected chi connectivity index (χ3v) is 4.50. The molecule has 1 aromatic carbocycles. The summed E-state index contributed by atoms with van der Waals surface area (Å²) in [5, 5.41) is 3.00. The molecule has 7 heteroatoms. The second-order valence-corrected chi connectivity index (χ2v) is 6.15. The number of halogens is 1. The highest BCUT2D eigenvalue weighted by Crippen LogP contribution is 2.31. The van der Waals surface area contributed by atoms with Gasteiger partial charge in [0, 0.05) is 42.9 Å². The summed E-state index contributed by atoms with van der Waals surface area (Å²) in [6.07, 6.45) is 3.03. The van der Waals surface area contributed by atoms with Crippen molar-refractivity contribution in [3.8, 4) is 11.4 Å². The Morgan fingerprint density at radius 2 is 2.08 bits per heavy atom. The number of carbonyl (C=O) groups excluding carboxylic acids is 1. The van der Waals surface area contributed by atoms with E-state index < -0.39 is 5.41 Å². The summed E-state index contributed by atoms with van der Waals surface area (Å²) in [7, 11) is 0. The van der Waals surface area contributed by atoms with Crippen molar-refractivity contribution >= 4 is 24.0 Å². The quantitative estimate of drug-likeness (QED) is 0.872. The van der Waals surface area contributed by atoms with Crippen LogP contribution in [0.5, 0.6) is 0 Å². The third kappa shape index (κ3) is 4.34. The summed E-state index contributed by atoms with van der Waals surface area (Å²) in [5.74, 6) is 0.598. The van der Waals surface area contributed by atoms with Gasteiger partial charge >= 0.3 is 0 Å². The first-order valence-corrected chi connectivity index (χ1v) is 8.12. The minimum Gasteiger partial charge on any atom is -0.381 e. The molecule has 6 nitrogen and oxygen atoms in total. The zero-order valence-corrected chi connectivity index (χ0v) is 15.0. The van der Waals surface area contributed by atoms with Crippen LogP contribution in [0.3, 0.4) is 0 Å². The van der Waals surface area contributed by atoms with Crippen molar-refractivity contribution in [2.75, 3.05) is 25.1 Å². The fraction of sp³-hybridized carbons (Fsp3) is 0.389. The number of nitrogens with one attached hydrogen (secondary N) is 1. The van der Waals surface area contributed by atoms with E-state index in [1.165, 1.54) is 0 Å². The van der Waals surface area contributed by atoms with Gasteiger partial charge in [-0.2, -0.15) is 0 Å². The summed E-state index contributed by atoms with van der Waals surface area (Å²) in [4.78, 5) is 21.5. The van der Waals surface area contributed by atoms with Crippen LogP contribution in [0.4, 0.5) is 5.69 Å². The Kier molecular flexibility index (Phi) is 6.47. The number of hydrogen-bond donors (Lipinski definition) is 2. The maximum atomic E-state index is 12.7. The first kappa shape index (κ1) is 19.3. The molecule has 0 bridgehead atoms. The van der Waals surface area contributed by atoms with E-state index in [-0.39, 0.29) is 18.3 Å². The van der Waals surface area contributed by atoms with Crippen LogP contribution in [0.2, 0.25) is 0 Å². The van der Waals surface area contributed by atoms with Crippen molar-refractivity contribution < 1.29 is 9.53 Å². The molecule has 1 amide bonds. The van der Waals surface area contributed by atoms with Gasteiger partial charge in [0.1, 0.15) is 0 Å². The maximum absolute atomic E-state index is 12.7. The fourth-order valence-corrected chi connectivity index (χ4v) is 2.87. The van der Waals surface area contributed by atoms with Gasteiger partial charge in [0.05, 0.1) is 5.41 Å². The molecule has 0 atom stereocenters. The van der Waals surface area contributed by atoms with Gasteiger partial charge in [-0.05, 0) is 38.0 Å². The topological polar surface area (TPSA) is 90.1 Å². The van der Waals surface area contributed by atoms with Gasteiger partial charge in [0.2, 0.25) is 5.91 Å². The SMILES string of the molecule is Cc1ccnc(-c2cccc(NC(=O)C3(CN)CCOCC3)c2)n1.Cl. The third-order valence-electron chi connectivity index (χ3n) is 4.50. The van der Waals surface area contributed by atoms with Crippen molar-refractivity contribution in [1.29, 1.82) is 0 Å². The summed E-state index contributed by atoms with van der Waals surface area (Å²) >= 11 is 0. The predicted molar refractivity (Wildman–Crippen MR) is 99.6 cm³/mol. The summed E-state index contributed by atoms with van der Waals surface area (Å²) in [5.41, 5.74) is 7.84. The van der Waals surface area contributed by atoms with Crippen molar-refractivity contribution in [3.63, 3.8) is 0 Å². The zero-order chi connectivity index (χ0) is 17.0. The lowest BCUT2D eigenvalue weighted by atomic mass is 9.79. The Balaban J connectivity index is 0.00000225. The first-order chi connectivity index (χ1) is 11.6. The minimum absolute atomic E-state index is 0. The number of aromatic nitrogens is 2. The number of amides is 1. The second kappa shape index (κ2) is 8.38. The van der Waals surface area contributed by atoms with Gasteiger partial charge in [-0.25, -0.2) is 9.97 Å². The minimum atomic E-state index is -0.548. The van der Waals surface area contributed by atoms with E-state index in [1.807, 2.05) is 37.3 Å². The van der Waals surface area contributed by atoms with Gasteiger partial charge in [0.25, 0.3) is 0 Å².